The molecule has 0 radical (unpaired) electrons. The average Bonchev–Trinajstić information content (AvgIpc) is 2.77. The Balaban J connectivity index is 2.44. The molecule has 0 bridgehead atoms. The van der Waals surface area contributed by atoms with Crippen LogP contribution < -0.4 is 5.32 Å². The molecular formula is C15H17FN2O2. The summed E-state index contributed by atoms with van der Waals surface area (Å²) in [4.78, 5) is 23.7. The quantitative estimate of drug-likeness (QED) is 0.873. The average molecular weight is 276 g/mol. The van der Waals surface area contributed by atoms with E-state index < -0.39 is 5.82 Å². The summed E-state index contributed by atoms with van der Waals surface area (Å²) in [7, 11) is 0. The fraction of sp³-hybridized carbons (Fsp3) is 0.333. The van der Waals surface area contributed by atoms with Crippen LogP contribution in [0.5, 0.6) is 0 Å². The Hall–Kier alpha value is -2.17. The lowest BCUT2D eigenvalue weighted by Gasteiger charge is -2.02. The number of aromatic nitrogens is 1. The number of nitrogens with one attached hydrogen (secondary N) is 1. The van der Waals surface area contributed by atoms with E-state index in [-0.39, 0.29) is 11.8 Å². The third-order valence-electron chi connectivity index (χ3n) is 3.17. The highest BCUT2D eigenvalue weighted by Crippen LogP contribution is 2.22. The number of fused-ring (bicyclic) bond motifs is 1. The van der Waals surface area contributed by atoms with Gasteiger partial charge in [0.1, 0.15) is 5.82 Å². The van der Waals surface area contributed by atoms with Crippen molar-refractivity contribution in [3.63, 3.8) is 0 Å². The van der Waals surface area contributed by atoms with Crippen LogP contribution in [0.1, 0.15) is 41.8 Å². The van der Waals surface area contributed by atoms with E-state index in [1.54, 1.807) is 0 Å². The van der Waals surface area contributed by atoms with Gasteiger partial charge in [0.2, 0.25) is 5.91 Å². The second-order valence-electron chi connectivity index (χ2n) is 4.70. The van der Waals surface area contributed by atoms with Gasteiger partial charge in [0.25, 0.3) is 5.91 Å². The van der Waals surface area contributed by atoms with Gasteiger partial charge in [-0.15, -0.1) is 0 Å². The molecule has 0 aliphatic heterocycles. The molecule has 4 nitrogen and oxygen atoms in total. The van der Waals surface area contributed by atoms with Crippen molar-refractivity contribution in [2.75, 3.05) is 6.54 Å². The number of rotatable bonds is 4. The zero-order chi connectivity index (χ0) is 14.7. The van der Waals surface area contributed by atoms with E-state index in [1.165, 1.54) is 35.9 Å². The summed E-state index contributed by atoms with van der Waals surface area (Å²) in [6.45, 7) is 4.00. The predicted octanol–water partition coefficient (Wildman–Crippen LogP) is 2.97. The number of benzene rings is 1. The van der Waals surface area contributed by atoms with Gasteiger partial charge in [-0.25, -0.2) is 4.39 Å². The standard InChI is InChI=1S/C15H17FN2O2/c1-3-4-7-17-15(20)13-9-18(10(2)19)14-6-5-11(16)8-12(13)14/h5-6,8-9H,3-4,7H2,1-2H3,(H,17,20). The van der Waals surface area contributed by atoms with Crippen molar-refractivity contribution >= 4 is 22.7 Å². The lowest BCUT2D eigenvalue weighted by Crippen LogP contribution is -2.24. The predicted molar refractivity (Wildman–Crippen MR) is 75.4 cm³/mol. The smallest absolute Gasteiger partial charge is 0.253 e. The fourth-order valence-electron chi connectivity index (χ4n) is 2.12. The molecule has 1 heterocycles. The molecule has 106 valence electrons. The number of carbonyl (C=O) groups is 2. The summed E-state index contributed by atoms with van der Waals surface area (Å²) in [5.74, 6) is -0.926. The van der Waals surface area contributed by atoms with Crippen LogP contribution >= 0.6 is 0 Å². The summed E-state index contributed by atoms with van der Waals surface area (Å²) in [6, 6.07) is 4.07. The topological polar surface area (TPSA) is 51.1 Å². The van der Waals surface area contributed by atoms with Crippen LogP contribution in [0.3, 0.4) is 0 Å². The molecule has 1 N–H and O–H groups in total. The van der Waals surface area contributed by atoms with E-state index in [0.717, 1.165) is 12.8 Å². The zero-order valence-electron chi connectivity index (χ0n) is 11.6. The van der Waals surface area contributed by atoms with Gasteiger partial charge >= 0.3 is 0 Å². The van der Waals surface area contributed by atoms with Crippen LogP contribution in [0.25, 0.3) is 10.9 Å². The van der Waals surface area contributed by atoms with Crippen molar-refractivity contribution in [2.45, 2.75) is 26.7 Å². The highest BCUT2D eigenvalue weighted by atomic mass is 19.1. The van der Waals surface area contributed by atoms with E-state index in [0.29, 0.717) is 23.0 Å². The van der Waals surface area contributed by atoms with Gasteiger partial charge in [0.05, 0.1) is 11.1 Å². The van der Waals surface area contributed by atoms with Gasteiger partial charge < -0.3 is 5.32 Å². The van der Waals surface area contributed by atoms with E-state index in [2.05, 4.69) is 5.32 Å². The number of unbranched alkanes of at least 4 members (excludes halogenated alkanes) is 1. The maximum absolute atomic E-state index is 13.4. The highest BCUT2D eigenvalue weighted by Gasteiger charge is 2.17. The summed E-state index contributed by atoms with van der Waals surface area (Å²) in [6.07, 6.45) is 3.32. The minimum absolute atomic E-state index is 0.214. The Morgan fingerprint density at radius 1 is 1.35 bits per heavy atom. The fourth-order valence-corrected chi connectivity index (χ4v) is 2.12. The second-order valence-corrected chi connectivity index (χ2v) is 4.70. The third kappa shape index (κ3) is 2.71. The van der Waals surface area contributed by atoms with Crippen LogP contribution in [0.15, 0.2) is 24.4 Å². The molecule has 0 fully saturated rings. The number of nitrogens with zero attached hydrogens (tertiary/aromatic N) is 1. The van der Waals surface area contributed by atoms with Gasteiger partial charge in [0, 0.05) is 25.1 Å². The summed E-state index contributed by atoms with van der Waals surface area (Å²) in [5.41, 5.74) is 0.866. The number of amides is 1. The Labute approximate surface area is 116 Å². The molecule has 2 aromatic rings. The Morgan fingerprint density at radius 3 is 2.75 bits per heavy atom. The van der Waals surface area contributed by atoms with Crippen LogP contribution in [0.4, 0.5) is 4.39 Å². The molecule has 2 rings (SSSR count). The molecule has 5 heteroatoms. The van der Waals surface area contributed by atoms with Gasteiger partial charge in [0.15, 0.2) is 0 Å². The van der Waals surface area contributed by atoms with Crippen LogP contribution in [0, 0.1) is 5.82 Å². The molecule has 0 saturated heterocycles. The third-order valence-corrected chi connectivity index (χ3v) is 3.17. The summed E-state index contributed by atoms with van der Waals surface area (Å²) < 4.78 is 14.7. The van der Waals surface area contributed by atoms with Gasteiger partial charge in [-0.1, -0.05) is 13.3 Å². The number of hydrogen-bond donors (Lipinski definition) is 1. The molecule has 0 atom stereocenters. The van der Waals surface area contributed by atoms with E-state index in [4.69, 9.17) is 0 Å². The van der Waals surface area contributed by atoms with Crippen molar-refractivity contribution in [1.82, 2.24) is 9.88 Å². The molecule has 0 spiro atoms. The summed E-state index contributed by atoms with van der Waals surface area (Å²) in [5, 5.41) is 3.23. The van der Waals surface area contributed by atoms with Crippen molar-refractivity contribution in [3.8, 4) is 0 Å². The normalized spacial score (nSPS) is 10.8. The largest absolute Gasteiger partial charge is 0.352 e. The first-order valence-corrected chi connectivity index (χ1v) is 6.64. The Kier molecular flexibility index (Phi) is 4.17. The first kappa shape index (κ1) is 14.2. The molecule has 0 unspecified atom stereocenters. The van der Waals surface area contributed by atoms with Crippen molar-refractivity contribution in [2.24, 2.45) is 0 Å². The Morgan fingerprint density at radius 2 is 2.10 bits per heavy atom. The lowest BCUT2D eigenvalue weighted by atomic mass is 10.1. The highest BCUT2D eigenvalue weighted by molar-refractivity contribution is 6.09. The number of halogens is 1. The SMILES string of the molecule is CCCCNC(=O)c1cn(C(C)=O)c2ccc(F)cc12. The van der Waals surface area contributed by atoms with Crippen LogP contribution in [-0.2, 0) is 0 Å². The molecule has 1 aromatic heterocycles. The summed E-state index contributed by atoms with van der Waals surface area (Å²) >= 11 is 0. The molecule has 20 heavy (non-hydrogen) atoms. The monoisotopic (exact) mass is 276 g/mol. The number of carbonyl (C=O) groups excluding carboxylic acids is 2. The number of hydrogen-bond acceptors (Lipinski definition) is 2. The maximum atomic E-state index is 13.4. The minimum atomic E-state index is -0.429. The first-order chi connectivity index (χ1) is 9.54. The van der Waals surface area contributed by atoms with Crippen molar-refractivity contribution in [1.29, 1.82) is 0 Å². The lowest BCUT2D eigenvalue weighted by molar-refractivity contribution is 0.0941. The van der Waals surface area contributed by atoms with E-state index in [9.17, 15) is 14.0 Å². The second kappa shape index (κ2) is 5.86. The van der Waals surface area contributed by atoms with E-state index in [1.807, 2.05) is 6.92 Å². The van der Waals surface area contributed by atoms with Gasteiger partial charge in [-0.05, 0) is 24.6 Å². The minimum Gasteiger partial charge on any atom is -0.352 e. The van der Waals surface area contributed by atoms with Gasteiger partial charge in [-0.3, -0.25) is 14.2 Å². The van der Waals surface area contributed by atoms with Crippen LogP contribution in [0.2, 0.25) is 0 Å². The van der Waals surface area contributed by atoms with E-state index >= 15 is 0 Å². The first-order valence-electron chi connectivity index (χ1n) is 6.64. The molecule has 1 aromatic carbocycles. The van der Waals surface area contributed by atoms with Gasteiger partial charge in [-0.2, -0.15) is 0 Å². The molecule has 0 aliphatic rings. The molecule has 0 aliphatic carbocycles. The maximum Gasteiger partial charge on any atom is 0.253 e. The zero-order valence-corrected chi connectivity index (χ0v) is 11.6. The Bertz CT molecular complexity index is 661. The van der Waals surface area contributed by atoms with Crippen molar-refractivity contribution in [3.05, 3.63) is 35.8 Å². The molecule has 1 amide bonds. The molecular weight excluding hydrogens is 259 g/mol. The van der Waals surface area contributed by atoms with Crippen molar-refractivity contribution < 1.29 is 14.0 Å². The molecule has 0 saturated carbocycles. The van der Waals surface area contributed by atoms with Crippen LogP contribution in [-0.4, -0.2) is 22.9 Å².